The highest BCUT2D eigenvalue weighted by molar-refractivity contribution is 7.99. The molecule has 1 N–H and O–H groups in total. The molecule has 0 radical (unpaired) electrons. The van der Waals surface area contributed by atoms with E-state index in [1.54, 1.807) is 0 Å². The second-order valence-electron chi connectivity index (χ2n) is 6.11. The van der Waals surface area contributed by atoms with Crippen LogP contribution < -0.4 is 0 Å². The molecule has 3 atom stereocenters. The van der Waals surface area contributed by atoms with Gasteiger partial charge in [0.05, 0.1) is 6.04 Å². The van der Waals surface area contributed by atoms with Crippen molar-refractivity contribution in [1.29, 1.82) is 0 Å². The van der Waals surface area contributed by atoms with Crippen LogP contribution in [0.25, 0.3) is 0 Å². The molecule has 0 spiro atoms. The molecule has 0 bridgehead atoms. The fourth-order valence-electron chi connectivity index (χ4n) is 3.29. The van der Waals surface area contributed by atoms with Crippen LogP contribution in [0.15, 0.2) is 30.3 Å². The number of carbonyl (C=O) groups excluding carboxylic acids is 1. The predicted molar refractivity (Wildman–Crippen MR) is 87.9 cm³/mol. The van der Waals surface area contributed by atoms with Gasteiger partial charge in [0.2, 0.25) is 5.91 Å². The number of nitrogens with zero attached hydrogens (tertiary/aromatic N) is 4. The van der Waals surface area contributed by atoms with E-state index in [1.807, 2.05) is 30.0 Å². The maximum absolute atomic E-state index is 13.0. The number of hydrogen-bond acceptors (Lipinski definition) is 5. The molecule has 2 heterocycles. The van der Waals surface area contributed by atoms with E-state index in [4.69, 9.17) is 0 Å². The van der Waals surface area contributed by atoms with Gasteiger partial charge in [-0.2, -0.15) is 17.0 Å². The minimum Gasteiger partial charge on any atom is -0.335 e. The first-order valence-electron chi connectivity index (χ1n) is 8.01. The molecule has 1 aromatic carbocycles. The molecular formula is C16H19N5OS. The first-order chi connectivity index (χ1) is 11.3. The SMILES string of the molecule is O=C([C@@H]1C[C@@H]1c1nn[nH]n1)N1CCCSCC1c1ccccc1. The van der Waals surface area contributed by atoms with Gasteiger partial charge in [-0.25, -0.2) is 0 Å². The van der Waals surface area contributed by atoms with Gasteiger partial charge in [0.25, 0.3) is 0 Å². The third kappa shape index (κ3) is 2.97. The molecule has 7 heteroatoms. The molecule has 6 nitrogen and oxygen atoms in total. The van der Waals surface area contributed by atoms with Crippen LogP contribution >= 0.6 is 11.8 Å². The summed E-state index contributed by atoms with van der Waals surface area (Å²) in [4.78, 5) is 15.1. The average molecular weight is 329 g/mol. The van der Waals surface area contributed by atoms with E-state index in [0.29, 0.717) is 5.82 Å². The van der Waals surface area contributed by atoms with E-state index >= 15 is 0 Å². The van der Waals surface area contributed by atoms with E-state index in [0.717, 1.165) is 30.9 Å². The Labute approximate surface area is 139 Å². The van der Waals surface area contributed by atoms with E-state index in [-0.39, 0.29) is 23.8 Å². The molecule has 1 aromatic heterocycles. The van der Waals surface area contributed by atoms with Crippen LogP contribution in [0.2, 0.25) is 0 Å². The fourth-order valence-corrected chi connectivity index (χ4v) is 4.38. The largest absolute Gasteiger partial charge is 0.335 e. The zero-order valence-corrected chi connectivity index (χ0v) is 13.6. The Balaban J connectivity index is 1.54. The van der Waals surface area contributed by atoms with E-state index < -0.39 is 0 Å². The smallest absolute Gasteiger partial charge is 0.226 e. The van der Waals surface area contributed by atoms with Crippen molar-refractivity contribution in [3.05, 3.63) is 41.7 Å². The summed E-state index contributed by atoms with van der Waals surface area (Å²) < 4.78 is 0. The predicted octanol–water partition coefficient (Wildman–Crippen LogP) is 2.01. The second kappa shape index (κ2) is 6.31. The Bertz CT molecular complexity index is 662. The molecule has 120 valence electrons. The fraction of sp³-hybridized carbons (Fsp3) is 0.500. The van der Waals surface area contributed by atoms with Crippen LogP contribution in [-0.4, -0.2) is 49.5 Å². The summed E-state index contributed by atoms with van der Waals surface area (Å²) in [7, 11) is 0. The lowest BCUT2D eigenvalue weighted by Crippen LogP contribution is -2.37. The maximum atomic E-state index is 13.0. The van der Waals surface area contributed by atoms with Crippen molar-refractivity contribution < 1.29 is 4.79 Å². The monoisotopic (exact) mass is 329 g/mol. The number of nitrogens with one attached hydrogen (secondary N) is 1. The van der Waals surface area contributed by atoms with Crippen molar-refractivity contribution in [1.82, 2.24) is 25.5 Å². The van der Waals surface area contributed by atoms with Crippen molar-refractivity contribution >= 4 is 17.7 Å². The number of tetrazole rings is 1. The molecule has 2 aromatic rings. The molecule has 1 saturated heterocycles. The Kier molecular flexibility index (Phi) is 4.03. The number of H-pyrrole nitrogens is 1. The Morgan fingerprint density at radius 1 is 1.30 bits per heavy atom. The highest BCUT2D eigenvalue weighted by atomic mass is 32.2. The van der Waals surface area contributed by atoms with E-state index in [1.165, 1.54) is 5.56 Å². The van der Waals surface area contributed by atoms with Gasteiger partial charge in [0.15, 0.2) is 5.82 Å². The second-order valence-corrected chi connectivity index (χ2v) is 7.26. The van der Waals surface area contributed by atoms with Crippen LogP contribution in [0.3, 0.4) is 0 Å². The molecule has 4 rings (SSSR count). The Morgan fingerprint density at radius 2 is 2.17 bits per heavy atom. The van der Waals surface area contributed by atoms with Gasteiger partial charge in [-0.1, -0.05) is 35.5 Å². The Hall–Kier alpha value is -1.89. The summed E-state index contributed by atoms with van der Waals surface area (Å²) in [5, 5.41) is 14.1. The van der Waals surface area contributed by atoms with E-state index in [9.17, 15) is 4.79 Å². The van der Waals surface area contributed by atoms with Crippen LogP contribution in [0.5, 0.6) is 0 Å². The lowest BCUT2D eigenvalue weighted by Gasteiger charge is -2.30. The standard InChI is InChI=1S/C16H19N5OS/c22-16(13-9-12(13)15-17-19-20-18-15)21-7-4-8-23-10-14(21)11-5-2-1-3-6-11/h1-3,5-6,12-14H,4,7-10H2,(H,17,18,19,20)/t12-,13+,14?/m0/s1. The van der Waals surface area contributed by atoms with Gasteiger partial charge in [0.1, 0.15) is 0 Å². The van der Waals surface area contributed by atoms with Gasteiger partial charge in [-0.15, -0.1) is 10.2 Å². The summed E-state index contributed by atoms with van der Waals surface area (Å²) in [6, 6.07) is 10.5. The molecule has 1 aliphatic carbocycles. The van der Waals surface area contributed by atoms with Crippen molar-refractivity contribution in [2.75, 3.05) is 18.1 Å². The highest BCUT2D eigenvalue weighted by Crippen LogP contribution is 2.48. The molecule has 1 unspecified atom stereocenters. The number of rotatable bonds is 3. The first-order valence-corrected chi connectivity index (χ1v) is 9.16. The first kappa shape index (κ1) is 14.7. The lowest BCUT2D eigenvalue weighted by molar-refractivity contribution is -0.134. The van der Waals surface area contributed by atoms with Crippen molar-refractivity contribution in [2.24, 2.45) is 5.92 Å². The van der Waals surface area contributed by atoms with Gasteiger partial charge in [-0.3, -0.25) is 4.79 Å². The van der Waals surface area contributed by atoms with Crippen molar-refractivity contribution in [2.45, 2.75) is 24.8 Å². The quantitative estimate of drug-likeness (QED) is 0.932. The van der Waals surface area contributed by atoms with E-state index in [2.05, 4.69) is 37.7 Å². The molecule has 1 saturated carbocycles. The summed E-state index contributed by atoms with van der Waals surface area (Å²) in [5.74, 6) is 3.15. The number of amides is 1. The zero-order chi connectivity index (χ0) is 15.6. The summed E-state index contributed by atoms with van der Waals surface area (Å²) in [6.45, 7) is 0.834. The number of carbonyl (C=O) groups is 1. The van der Waals surface area contributed by atoms with Crippen molar-refractivity contribution in [3.63, 3.8) is 0 Å². The van der Waals surface area contributed by atoms with Crippen LogP contribution in [0, 0.1) is 5.92 Å². The topological polar surface area (TPSA) is 74.8 Å². The average Bonchev–Trinajstić information content (AvgIpc) is 3.29. The molecule has 1 amide bonds. The van der Waals surface area contributed by atoms with Gasteiger partial charge < -0.3 is 4.90 Å². The number of aromatic nitrogens is 4. The lowest BCUT2D eigenvalue weighted by atomic mass is 10.1. The van der Waals surface area contributed by atoms with Crippen LogP contribution in [0.1, 0.15) is 36.2 Å². The highest BCUT2D eigenvalue weighted by Gasteiger charge is 2.49. The number of hydrogen-bond donors (Lipinski definition) is 1. The van der Waals surface area contributed by atoms with Crippen molar-refractivity contribution in [3.8, 4) is 0 Å². The molecule has 23 heavy (non-hydrogen) atoms. The third-order valence-electron chi connectivity index (χ3n) is 4.61. The van der Waals surface area contributed by atoms with Crippen LogP contribution in [0.4, 0.5) is 0 Å². The van der Waals surface area contributed by atoms with Gasteiger partial charge in [0, 0.05) is 24.1 Å². The molecular weight excluding hydrogens is 310 g/mol. The number of benzene rings is 1. The number of aromatic amines is 1. The Morgan fingerprint density at radius 3 is 2.96 bits per heavy atom. The van der Waals surface area contributed by atoms with Gasteiger partial charge in [-0.05, 0) is 24.2 Å². The summed E-state index contributed by atoms with van der Waals surface area (Å²) >= 11 is 1.94. The molecule has 2 aliphatic rings. The van der Waals surface area contributed by atoms with Gasteiger partial charge >= 0.3 is 0 Å². The van der Waals surface area contributed by atoms with Crippen LogP contribution in [-0.2, 0) is 4.79 Å². The molecule has 2 fully saturated rings. The summed E-state index contributed by atoms with van der Waals surface area (Å²) in [6.07, 6.45) is 1.89. The minimum absolute atomic E-state index is 0.0157. The molecule has 1 aliphatic heterocycles. The maximum Gasteiger partial charge on any atom is 0.226 e. The number of thioether (sulfide) groups is 1. The minimum atomic E-state index is 0.0157. The third-order valence-corrected chi connectivity index (χ3v) is 5.74. The zero-order valence-electron chi connectivity index (χ0n) is 12.8. The normalized spacial score (nSPS) is 27.5. The summed E-state index contributed by atoms with van der Waals surface area (Å²) in [5.41, 5.74) is 1.23.